The topological polar surface area (TPSA) is 54.9 Å². The minimum absolute atomic E-state index is 0.325. The smallest absolute Gasteiger partial charge is 0.296 e. The number of H-pyrrole nitrogens is 1. The molecule has 1 aromatic carbocycles. The van der Waals surface area contributed by atoms with Crippen molar-refractivity contribution in [1.82, 2.24) is 9.55 Å². The molecule has 1 heterocycles. The molecule has 4 nitrogen and oxygen atoms in total. The molecule has 1 N–H and O–H groups in total. The van der Waals surface area contributed by atoms with E-state index in [1.54, 1.807) is 13.1 Å². The second-order valence-corrected chi connectivity index (χ2v) is 5.07. The summed E-state index contributed by atoms with van der Waals surface area (Å²) in [6, 6.07) is 7.91. The Bertz CT molecular complexity index is 641. The first kappa shape index (κ1) is 12.1. The van der Waals surface area contributed by atoms with E-state index in [0.29, 0.717) is 12.1 Å². The summed E-state index contributed by atoms with van der Waals surface area (Å²) in [5, 5.41) is 0. The second-order valence-electron chi connectivity index (χ2n) is 3.83. The monoisotopic (exact) mass is 342 g/mol. The van der Waals surface area contributed by atoms with Crippen LogP contribution in [0, 0.1) is 10.5 Å². The Hall–Kier alpha value is -1.37. The van der Waals surface area contributed by atoms with Crippen LogP contribution in [0.25, 0.3) is 0 Å². The zero-order valence-electron chi connectivity index (χ0n) is 9.24. The van der Waals surface area contributed by atoms with E-state index >= 15 is 0 Å². The Labute approximate surface area is 111 Å². The fourth-order valence-corrected chi connectivity index (χ4v) is 1.88. The van der Waals surface area contributed by atoms with Crippen LogP contribution in [-0.2, 0) is 6.54 Å². The van der Waals surface area contributed by atoms with Gasteiger partial charge in [-0.05, 0) is 47.2 Å². The van der Waals surface area contributed by atoms with Gasteiger partial charge in [-0.3, -0.25) is 14.3 Å². The van der Waals surface area contributed by atoms with Crippen LogP contribution in [0.4, 0.5) is 0 Å². The normalized spacial score (nSPS) is 10.5. The highest BCUT2D eigenvalue weighted by atomic mass is 127. The zero-order valence-corrected chi connectivity index (χ0v) is 11.4. The van der Waals surface area contributed by atoms with Gasteiger partial charge in [-0.15, -0.1) is 0 Å². The number of hydrogen-bond acceptors (Lipinski definition) is 2. The first-order valence-corrected chi connectivity index (χ1v) is 6.19. The number of nitrogens with one attached hydrogen (secondary N) is 1. The summed E-state index contributed by atoms with van der Waals surface area (Å²) in [7, 11) is 0. The summed E-state index contributed by atoms with van der Waals surface area (Å²) in [5.41, 5.74) is 0.863. The Morgan fingerprint density at radius 2 is 1.88 bits per heavy atom. The zero-order chi connectivity index (χ0) is 12.4. The Morgan fingerprint density at radius 3 is 2.53 bits per heavy atom. The quantitative estimate of drug-likeness (QED) is 0.841. The fraction of sp³-hybridized carbons (Fsp3) is 0.167. The van der Waals surface area contributed by atoms with Crippen molar-refractivity contribution in [3.8, 4) is 0 Å². The minimum Gasteiger partial charge on any atom is -0.296 e. The van der Waals surface area contributed by atoms with Crippen molar-refractivity contribution in [2.24, 2.45) is 0 Å². The summed E-state index contributed by atoms with van der Waals surface area (Å²) in [6.45, 7) is 2.15. The van der Waals surface area contributed by atoms with Crippen LogP contribution in [0.3, 0.4) is 0 Å². The second kappa shape index (κ2) is 4.87. The molecule has 5 heteroatoms. The van der Waals surface area contributed by atoms with Gasteiger partial charge in [0.05, 0.1) is 6.54 Å². The number of hydrogen-bond donors (Lipinski definition) is 1. The van der Waals surface area contributed by atoms with E-state index in [-0.39, 0.29) is 11.2 Å². The van der Waals surface area contributed by atoms with Gasteiger partial charge in [0, 0.05) is 15.3 Å². The van der Waals surface area contributed by atoms with Crippen LogP contribution < -0.4 is 11.2 Å². The van der Waals surface area contributed by atoms with E-state index in [1.807, 2.05) is 24.3 Å². The third-order valence-corrected chi connectivity index (χ3v) is 3.17. The molecule has 1 aromatic heterocycles. The van der Waals surface area contributed by atoms with Gasteiger partial charge in [0.1, 0.15) is 0 Å². The molecule has 0 aliphatic carbocycles. The molecule has 17 heavy (non-hydrogen) atoms. The lowest BCUT2D eigenvalue weighted by atomic mass is 10.2. The van der Waals surface area contributed by atoms with E-state index in [4.69, 9.17) is 0 Å². The maximum atomic E-state index is 11.6. The van der Waals surface area contributed by atoms with Crippen molar-refractivity contribution in [3.63, 3.8) is 0 Å². The van der Waals surface area contributed by atoms with E-state index in [2.05, 4.69) is 27.6 Å². The molecule has 0 aliphatic rings. The fourth-order valence-electron chi connectivity index (χ4n) is 1.52. The van der Waals surface area contributed by atoms with E-state index in [9.17, 15) is 9.59 Å². The molecule has 2 aromatic rings. The number of benzene rings is 1. The largest absolute Gasteiger partial charge is 0.328 e. The summed E-state index contributed by atoms with van der Waals surface area (Å²) in [5.74, 6) is 0. The summed E-state index contributed by atoms with van der Waals surface area (Å²) < 4.78 is 2.65. The standard InChI is InChI=1S/C12H11IN2O2/c1-8-6-15(12(17)14-11(8)16)7-9-2-4-10(13)5-3-9/h2-6H,7H2,1H3,(H,14,16,17). The lowest BCUT2D eigenvalue weighted by Gasteiger charge is -2.06. The molecule has 0 atom stereocenters. The third kappa shape index (κ3) is 2.85. The van der Waals surface area contributed by atoms with Gasteiger partial charge in [-0.2, -0.15) is 0 Å². The molecule has 0 bridgehead atoms. The first-order chi connectivity index (χ1) is 8.06. The highest BCUT2D eigenvalue weighted by Gasteiger charge is 2.01. The molecule has 88 valence electrons. The first-order valence-electron chi connectivity index (χ1n) is 5.11. The molecule has 0 unspecified atom stereocenters. The molecule has 0 radical (unpaired) electrons. The lowest BCUT2D eigenvalue weighted by molar-refractivity contribution is 0.713. The van der Waals surface area contributed by atoms with Crippen molar-refractivity contribution >= 4 is 22.6 Å². The number of nitrogens with zero attached hydrogens (tertiary/aromatic N) is 1. The van der Waals surface area contributed by atoms with Crippen LogP contribution in [0.2, 0.25) is 0 Å². The molecule has 0 amide bonds. The van der Waals surface area contributed by atoms with Crippen molar-refractivity contribution in [3.05, 3.63) is 66.0 Å². The maximum Gasteiger partial charge on any atom is 0.328 e. The summed E-state index contributed by atoms with van der Waals surface area (Å²) in [6.07, 6.45) is 1.58. The van der Waals surface area contributed by atoms with Crippen LogP contribution in [0.5, 0.6) is 0 Å². The van der Waals surface area contributed by atoms with Gasteiger partial charge >= 0.3 is 5.69 Å². The molecular weight excluding hydrogens is 331 g/mol. The Balaban J connectivity index is 2.36. The molecule has 0 saturated heterocycles. The van der Waals surface area contributed by atoms with Crippen LogP contribution >= 0.6 is 22.6 Å². The Morgan fingerprint density at radius 1 is 1.24 bits per heavy atom. The molecule has 0 spiro atoms. The predicted octanol–water partition coefficient (Wildman–Crippen LogP) is 1.50. The van der Waals surface area contributed by atoms with Gasteiger partial charge in [0.15, 0.2) is 0 Å². The Kier molecular flexibility index (Phi) is 3.46. The van der Waals surface area contributed by atoms with E-state index in [1.165, 1.54) is 4.57 Å². The highest BCUT2D eigenvalue weighted by molar-refractivity contribution is 14.1. The highest BCUT2D eigenvalue weighted by Crippen LogP contribution is 2.07. The number of aromatic nitrogens is 2. The molecule has 0 saturated carbocycles. The summed E-state index contributed by atoms with van der Waals surface area (Å²) in [4.78, 5) is 25.1. The number of aromatic amines is 1. The van der Waals surface area contributed by atoms with E-state index < -0.39 is 0 Å². The lowest BCUT2D eigenvalue weighted by Crippen LogP contribution is -2.31. The average Bonchev–Trinajstić information content (AvgIpc) is 2.29. The SMILES string of the molecule is Cc1cn(Cc2ccc(I)cc2)c(=O)[nH]c1=O. The van der Waals surface area contributed by atoms with Gasteiger partial charge in [0.2, 0.25) is 0 Å². The van der Waals surface area contributed by atoms with Crippen molar-refractivity contribution in [1.29, 1.82) is 0 Å². The molecule has 0 aliphatic heterocycles. The molecule has 2 rings (SSSR count). The summed E-state index contributed by atoms with van der Waals surface area (Å²) >= 11 is 2.23. The number of aryl methyl sites for hydroxylation is 1. The molecule has 0 fully saturated rings. The van der Waals surface area contributed by atoms with Crippen LogP contribution in [0.15, 0.2) is 40.1 Å². The maximum absolute atomic E-state index is 11.6. The van der Waals surface area contributed by atoms with E-state index in [0.717, 1.165) is 9.13 Å². The van der Waals surface area contributed by atoms with Crippen LogP contribution in [-0.4, -0.2) is 9.55 Å². The van der Waals surface area contributed by atoms with Crippen LogP contribution in [0.1, 0.15) is 11.1 Å². The van der Waals surface area contributed by atoms with Crippen molar-refractivity contribution in [2.75, 3.05) is 0 Å². The van der Waals surface area contributed by atoms with Gasteiger partial charge in [-0.25, -0.2) is 4.79 Å². The van der Waals surface area contributed by atoms with Crippen molar-refractivity contribution < 1.29 is 0 Å². The predicted molar refractivity (Wildman–Crippen MR) is 74.3 cm³/mol. The van der Waals surface area contributed by atoms with Crippen molar-refractivity contribution in [2.45, 2.75) is 13.5 Å². The van der Waals surface area contributed by atoms with Gasteiger partial charge in [-0.1, -0.05) is 12.1 Å². The van der Waals surface area contributed by atoms with Gasteiger partial charge in [0.25, 0.3) is 5.56 Å². The third-order valence-electron chi connectivity index (χ3n) is 2.46. The number of rotatable bonds is 2. The minimum atomic E-state index is -0.376. The molecular formula is C12H11IN2O2. The average molecular weight is 342 g/mol. The van der Waals surface area contributed by atoms with Gasteiger partial charge < -0.3 is 0 Å². The number of halogens is 1.